The second kappa shape index (κ2) is 13.4. The van der Waals surface area contributed by atoms with Gasteiger partial charge in [0.2, 0.25) is 5.95 Å². The molecule has 0 aromatic carbocycles. The van der Waals surface area contributed by atoms with Crippen LogP contribution in [0.5, 0.6) is 0 Å². The number of hydrogen-bond acceptors (Lipinski definition) is 7. The monoisotopic (exact) mass is 498 g/mol. The van der Waals surface area contributed by atoms with Gasteiger partial charge in [-0.2, -0.15) is 4.98 Å². The molecular formula is C29H50N6O. The van der Waals surface area contributed by atoms with Crippen molar-refractivity contribution < 1.29 is 5.11 Å². The minimum Gasteiger partial charge on any atom is -0.393 e. The first kappa shape index (κ1) is 26.2. The molecule has 1 aromatic heterocycles. The van der Waals surface area contributed by atoms with Crippen LogP contribution in [-0.4, -0.2) is 88.4 Å². The average molecular weight is 499 g/mol. The van der Waals surface area contributed by atoms with Gasteiger partial charge in [-0.1, -0.05) is 25.7 Å². The zero-order valence-corrected chi connectivity index (χ0v) is 22.5. The average Bonchev–Trinajstić information content (AvgIpc) is 3.11. The highest BCUT2D eigenvalue weighted by atomic mass is 16.3. The molecule has 2 N–H and O–H groups in total. The van der Waals surface area contributed by atoms with Gasteiger partial charge in [0.05, 0.1) is 6.10 Å². The molecule has 1 aromatic rings. The molecule has 2 atom stereocenters. The Balaban J connectivity index is 1.23. The number of aliphatic hydroxyl groups is 1. The fraction of sp³-hybridized carbons (Fsp3) is 0.862. The van der Waals surface area contributed by atoms with Gasteiger partial charge in [0, 0.05) is 44.0 Å². The van der Waals surface area contributed by atoms with Crippen molar-refractivity contribution in [2.24, 2.45) is 0 Å². The van der Waals surface area contributed by atoms with E-state index in [-0.39, 0.29) is 6.10 Å². The van der Waals surface area contributed by atoms with Gasteiger partial charge in [0.25, 0.3) is 0 Å². The number of hydrogen-bond donors (Lipinski definition) is 2. The molecule has 4 aliphatic rings. The molecule has 0 unspecified atom stereocenters. The van der Waals surface area contributed by atoms with E-state index in [1.54, 1.807) is 0 Å². The topological polar surface area (TPSA) is 67.8 Å². The van der Waals surface area contributed by atoms with E-state index in [2.05, 4.69) is 31.1 Å². The third-order valence-electron chi connectivity index (χ3n) is 9.28. The summed E-state index contributed by atoms with van der Waals surface area (Å²) in [6, 6.07) is 3.64. The van der Waals surface area contributed by atoms with Crippen LogP contribution in [0, 0.1) is 0 Å². The highest BCUT2D eigenvalue weighted by Gasteiger charge is 2.39. The normalized spacial score (nSPS) is 31.2. The van der Waals surface area contributed by atoms with Crippen LogP contribution in [0.15, 0.2) is 12.3 Å². The van der Waals surface area contributed by atoms with E-state index >= 15 is 0 Å². The molecule has 3 saturated heterocycles. The molecule has 1 aliphatic carbocycles. The Morgan fingerprint density at radius 2 is 1.53 bits per heavy atom. The lowest BCUT2D eigenvalue weighted by atomic mass is 9.91. The van der Waals surface area contributed by atoms with Gasteiger partial charge >= 0.3 is 0 Å². The number of aliphatic hydroxyl groups excluding tert-OH is 1. The molecule has 0 radical (unpaired) electrons. The maximum absolute atomic E-state index is 10.1. The summed E-state index contributed by atoms with van der Waals surface area (Å²) >= 11 is 0. The summed E-state index contributed by atoms with van der Waals surface area (Å²) in [4.78, 5) is 17.6. The predicted octanol–water partition coefficient (Wildman–Crippen LogP) is 4.67. The van der Waals surface area contributed by atoms with Gasteiger partial charge in [-0.05, 0) is 96.3 Å². The third kappa shape index (κ3) is 7.11. The molecule has 4 heterocycles. The quantitative estimate of drug-likeness (QED) is 0.540. The van der Waals surface area contributed by atoms with E-state index in [0.29, 0.717) is 18.1 Å². The van der Waals surface area contributed by atoms with Crippen molar-refractivity contribution >= 4 is 11.8 Å². The van der Waals surface area contributed by atoms with E-state index < -0.39 is 0 Å². The second-order valence-electron chi connectivity index (χ2n) is 11.8. The molecule has 0 amide bonds. The molecule has 5 rings (SSSR count). The van der Waals surface area contributed by atoms with Crippen LogP contribution in [0.3, 0.4) is 0 Å². The summed E-state index contributed by atoms with van der Waals surface area (Å²) in [5.74, 6) is 1.89. The second-order valence-corrected chi connectivity index (χ2v) is 11.8. The predicted molar refractivity (Wildman–Crippen MR) is 148 cm³/mol. The first-order valence-electron chi connectivity index (χ1n) is 15.3. The Kier molecular flexibility index (Phi) is 9.73. The Morgan fingerprint density at radius 1 is 0.833 bits per heavy atom. The van der Waals surface area contributed by atoms with Crippen LogP contribution in [-0.2, 0) is 0 Å². The zero-order valence-electron chi connectivity index (χ0n) is 22.5. The molecule has 7 heteroatoms. The van der Waals surface area contributed by atoms with Crippen molar-refractivity contribution in [2.45, 2.75) is 121 Å². The highest BCUT2D eigenvalue weighted by molar-refractivity contribution is 5.43. The number of nitrogens with one attached hydrogen (secondary N) is 1. The van der Waals surface area contributed by atoms with E-state index in [0.717, 1.165) is 63.5 Å². The summed E-state index contributed by atoms with van der Waals surface area (Å²) in [5, 5.41) is 13.9. The standard InChI is InChI=1S/C29H50N6O/c36-25-13-11-24(12-14-25)35-23-16-26(27(35)10-9-20-33-18-5-1-2-6-19-33)31-29-30-17-15-28(32-29)34-21-7-3-4-8-22-34/h15,17,24-27,36H,1-14,16,18-23H2,(H,30,31,32)/t24-,25+,26-,27+/m0/s1. The van der Waals surface area contributed by atoms with Crippen LogP contribution in [0.4, 0.5) is 11.8 Å². The number of aromatic nitrogens is 2. The van der Waals surface area contributed by atoms with E-state index in [1.807, 2.05) is 6.20 Å². The maximum atomic E-state index is 10.1. The molecule has 0 bridgehead atoms. The first-order valence-corrected chi connectivity index (χ1v) is 15.3. The first-order chi connectivity index (χ1) is 17.8. The third-order valence-corrected chi connectivity index (χ3v) is 9.28. The van der Waals surface area contributed by atoms with Crippen LogP contribution in [0.25, 0.3) is 0 Å². The van der Waals surface area contributed by atoms with Crippen molar-refractivity contribution in [3.05, 3.63) is 12.3 Å². The van der Waals surface area contributed by atoms with Crippen molar-refractivity contribution in [3.63, 3.8) is 0 Å². The van der Waals surface area contributed by atoms with Crippen LogP contribution in [0.1, 0.15) is 96.3 Å². The van der Waals surface area contributed by atoms with Gasteiger partial charge in [0.15, 0.2) is 0 Å². The molecule has 3 aliphatic heterocycles. The summed E-state index contributed by atoms with van der Waals surface area (Å²) in [7, 11) is 0. The summed E-state index contributed by atoms with van der Waals surface area (Å²) < 4.78 is 0. The molecule has 1 saturated carbocycles. The lowest BCUT2D eigenvalue weighted by Crippen LogP contribution is -2.46. The number of nitrogens with zero attached hydrogens (tertiary/aromatic N) is 5. The fourth-order valence-corrected chi connectivity index (χ4v) is 7.20. The minimum atomic E-state index is -0.0885. The lowest BCUT2D eigenvalue weighted by Gasteiger charge is -2.38. The number of anilines is 2. The van der Waals surface area contributed by atoms with Gasteiger partial charge in [-0.3, -0.25) is 4.90 Å². The molecular weight excluding hydrogens is 448 g/mol. The SMILES string of the molecule is O[C@H]1CC[C@@H](N2CC[C@H](Nc3nccc(N4CCCCCC4)n3)[C@H]2CCCN2CCCCCC2)CC1. The Morgan fingerprint density at radius 3 is 2.25 bits per heavy atom. The van der Waals surface area contributed by atoms with Gasteiger partial charge in [-0.25, -0.2) is 4.98 Å². The van der Waals surface area contributed by atoms with Crippen molar-refractivity contribution in [2.75, 3.05) is 49.5 Å². The van der Waals surface area contributed by atoms with E-state index in [1.165, 1.54) is 83.8 Å². The van der Waals surface area contributed by atoms with Crippen LogP contribution in [0.2, 0.25) is 0 Å². The van der Waals surface area contributed by atoms with Crippen LogP contribution < -0.4 is 10.2 Å². The molecule has 7 nitrogen and oxygen atoms in total. The Labute approximate surface area is 219 Å². The zero-order chi connectivity index (χ0) is 24.6. The number of likely N-dealkylation sites (tertiary alicyclic amines) is 2. The van der Waals surface area contributed by atoms with E-state index in [4.69, 9.17) is 4.98 Å². The summed E-state index contributed by atoms with van der Waals surface area (Å²) in [6.45, 7) is 7.18. The van der Waals surface area contributed by atoms with Gasteiger partial charge in [-0.15, -0.1) is 0 Å². The molecule has 202 valence electrons. The largest absolute Gasteiger partial charge is 0.393 e. The smallest absolute Gasteiger partial charge is 0.224 e. The summed E-state index contributed by atoms with van der Waals surface area (Å²) in [6.07, 6.45) is 20.5. The lowest BCUT2D eigenvalue weighted by molar-refractivity contribution is 0.0643. The van der Waals surface area contributed by atoms with Crippen molar-refractivity contribution in [1.29, 1.82) is 0 Å². The molecule has 0 spiro atoms. The molecule has 4 fully saturated rings. The molecule has 36 heavy (non-hydrogen) atoms. The highest BCUT2D eigenvalue weighted by Crippen LogP contribution is 2.33. The fourth-order valence-electron chi connectivity index (χ4n) is 7.20. The summed E-state index contributed by atoms with van der Waals surface area (Å²) in [5.41, 5.74) is 0. The van der Waals surface area contributed by atoms with Crippen molar-refractivity contribution in [3.8, 4) is 0 Å². The number of rotatable bonds is 8. The van der Waals surface area contributed by atoms with Crippen molar-refractivity contribution in [1.82, 2.24) is 19.8 Å². The minimum absolute atomic E-state index is 0.0885. The maximum Gasteiger partial charge on any atom is 0.224 e. The Hall–Kier alpha value is -1.44. The van der Waals surface area contributed by atoms with E-state index in [9.17, 15) is 5.11 Å². The van der Waals surface area contributed by atoms with Gasteiger partial charge < -0.3 is 20.2 Å². The van der Waals surface area contributed by atoms with Crippen LogP contribution >= 0.6 is 0 Å². The van der Waals surface area contributed by atoms with Gasteiger partial charge in [0.1, 0.15) is 5.82 Å². The Bertz CT molecular complexity index is 769.